The zero-order chi connectivity index (χ0) is 16.8. The number of rotatable bonds is 2. The van der Waals surface area contributed by atoms with Crippen LogP contribution in [0.5, 0.6) is 0 Å². The lowest BCUT2D eigenvalue weighted by Crippen LogP contribution is -2.31. The van der Waals surface area contributed by atoms with Crippen molar-refractivity contribution in [2.75, 3.05) is 26.2 Å². The van der Waals surface area contributed by atoms with Gasteiger partial charge < -0.3 is 10.2 Å². The number of likely N-dealkylation sites (tertiary alicyclic amines) is 1. The van der Waals surface area contributed by atoms with E-state index in [4.69, 9.17) is 0 Å². The molecular formula is C18H22ClFN4O. The molecule has 1 aromatic heterocycles. The molecule has 3 heterocycles. The number of fused-ring (bicyclic) bond motifs is 1. The predicted octanol–water partition coefficient (Wildman–Crippen LogP) is 2.34. The second kappa shape index (κ2) is 6.77. The minimum Gasteiger partial charge on any atom is -0.338 e. The number of aromatic nitrogens is 2. The van der Waals surface area contributed by atoms with Crippen LogP contribution in [0.4, 0.5) is 4.39 Å². The molecule has 0 saturated carbocycles. The molecule has 2 saturated heterocycles. The fourth-order valence-corrected chi connectivity index (χ4v) is 3.89. The van der Waals surface area contributed by atoms with Gasteiger partial charge in [-0.05, 0) is 49.9 Å². The molecule has 0 radical (unpaired) electrons. The molecule has 1 amide bonds. The van der Waals surface area contributed by atoms with E-state index in [-0.39, 0.29) is 18.3 Å². The minimum atomic E-state index is -0.423. The Balaban J connectivity index is 0.00000182. The van der Waals surface area contributed by atoms with Crippen LogP contribution in [-0.4, -0.2) is 46.8 Å². The maximum absolute atomic E-state index is 14.6. The van der Waals surface area contributed by atoms with E-state index in [9.17, 15) is 9.18 Å². The highest BCUT2D eigenvalue weighted by molar-refractivity contribution is 5.94. The molecule has 2 aliphatic heterocycles. The van der Waals surface area contributed by atoms with Gasteiger partial charge >= 0.3 is 0 Å². The molecule has 0 bridgehead atoms. The molecule has 2 aromatic rings. The van der Waals surface area contributed by atoms with Gasteiger partial charge in [0.05, 0.1) is 5.69 Å². The van der Waals surface area contributed by atoms with Crippen molar-refractivity contribution < 1.29 is 9.18 Å². The van der Waals surface area contributed by atoms with Crippen LogP contribution in [0, 0.1) is 31.5 Å². The molecule has 0 unspecified atom stereocenters. The molecule has 134 valence electrons. The Kier molecular flexibility index (Phi) is 4.84. The van der Waals surface area contributed by atoms with Gasteiger partial charge in [-0.1, -0.05) is 0 Å². The van der Waals surface area contributed by atoms with E-state index in [1.807, 2.05) is 24.8 Å². The van der Waals surface area contributed by atoms with Crippen molar-refractivity contribution in [1.82, 2.24) is 20.0 Å². The van der Waals surface area contributed by atoms with E-state index in [1.54, 1.807) is 16.8 Å². The van der Waals surface area contributed by atoms with Gasteiger partial charge in [-0.2, -0.15) is 5.10 Å². The fraction of sp³-hybridized carbons (Fsp3) is 0.444. The van der Waals surface area contributed by atoms with Crippen LogP contribution in [-0.2, 0) is 0 Å². The molecule has 0 aliphatic carbocycles. The number of nitrogens with one attached hydrogen (secondary N) is 1. The monoisotopic (exact) mass is 364 g/mol. The SMILES string of the molecule is Cc1cc(C)n(-c2ccc(C(=O)N3C[C@H]4CNC[C@H]4C3)cc2F)n1.Cl. The number of carbonyl (C=O) groups excluding carboxylic acids is 1. The van der Waals surface area contributed by atoms with Gasteiger partial charge in [0.25, 0.3) is 5.91 Å². The van der Waals surface area contributed by atoms with E-state index >= 15 is 0 Å². The maximum Gasteiger partial charge on any atom is 0.253 e. The summed E-state index contributed by atoms with van der Waals surface area (Å²) < 4.78 is 16.1. The number of hydrogen-bond acceptors (Lipinski definition) is 3. The van der Waals surface area contributed by atoms with Gasteiger partial charge in [0.1, 0.15) is 11.5 Å². The molecule has 1 aromatic carbocycles. The maximum atomic E-state index is 14.6. The summed E-state index contributed by atoms with van der Waals surface area (Å²) in [6, 6.07) is 6.57. The Hall–Kier alpha value is -1.92. The molecule has 0 spiro atoms. The molecular weight excluding hydrogens is 343 g/mol. The van der Waals surface area contributed by atoms with Crippen molar-refractivity contribution in [3.8, 4) is 5.69 Å². The molecule has 2 fully saturated rings. The number of benzene rings is 1. The van der Waals surface area contributed by atoms with Gasteiger partial charge in [0.15, 0.2) is 0 Å². The zero-order valence-electron chi connectivity index (χ0n) is 14.3. The highest BCUT2D eigenvalue weighted by Gasteiger charge is 2.38. The van der Waals surface area contributed by atoms with Gasteiger partial charge in [-0.3, -0.25) is 4.79 Å². The lowest BCUT2D eigenvalue weighted by Gasteiger charge is -2.18. The first-order chi connectivity index (χ1) is 11.5. The third-order valence-electron chi connectivity index (χ3n) is 5.11. The van der Waals surface area contributed by atoms with Gasteiger partial charge in [-0.25, -0.2) is 9.07 Å². The quantitative estimate of drug-likeness (QED) is 0.889. The molecule has 7 heteroatoms. The van der Waals surface area contributed by atoms with Crippen molar-refractivity contribution >= 4 is 18.3 Å². The van der Waals surface area contributed by atoms with Crippen molar-refractivity contribution in [2.24, 2.45) is 11.8 Å². The first kappa shape index (κ1) is 17.9. The Morgan fingerprint density at radius 2 is 1.88 bits per heavy atom. The summed E-state index contributed by atoms with van der Waals surface area (Å²) in [5, 5.41) is 7.66. The predicted molar refractivity (Wildman–Crippen MR) is 96.0 cm³/mol. The second-order valence-electron chi connectivity index (χ2n) is 6.89. The van der Waals surface area contributed by atoms with Crippen molar-refractivity contribution in [3.63, 3.8) is 0 Å². The standard InChI is InChI=1S/C18H21FN4O.ClH/c1-11-5-12(2)23(21-11)17-4-3-13(6-16(17)19)18(24)22-9-14-7-20-8-15(14)10-22;/h3-6,14-15,20H,7-10H2,1-2H3;1H/t14-,15+;. The number of hydrogen-bond donors (Lipinski definition) is 1. The average Bonchev–Trinajstić information content (AvgIpc) is 3.21. The van der Waals surface area contributed by atoms with Gasteiger partial charge in [-0.15, -0.1) is 12.4 Å². The van der Waals surface area contributed by atoms with Crippen LogP contribution in [0.25, 0.3) is 5.69 Å². The highest BCUT2D eigenvalue weighted by atomic mass is 35.5. The molecule has 1 N–H and O–H groups in total. The smallest absolute Gasteiger partial charge is 0.253 e. The lowest BCUT2D eigenvalue weighted by molar-refractivity contribution is 0.0781. The van der Waals surface area contributed by atoms with Crippen molar-refractivity contribution in [1.29, 1.82) is 0 Å². The topological polar surface area (TPSA) is 50.2 Å². The summed E-state index contributed by atoms with van der Waals surface area (Å²) in [4.78, 5) is 14.5. The molecule has 2 atom stereocenters. The van der Waals surface area contributed by atoms with Crippen molar-refractivity contribution in [3.05, 3.63) is 47.0 Å². The summed E-state index contributed by atoms with van der Waals surface area (Å²) in [5.41, 5.74) is 2.49. The summed E-state index contributed by atoms with van der Waals surface area (Å²) in [6.45, 7) is 7.22. The van der Waals surface area contributed by atoms with E-state index in [0.29, 0.717) is 23.1 Å². The molecule has 4 rings (SSSR count). The number of halogens is 2. The van der Waals surface area contributed by atoms with Crippen LogP contribution in [0.3, 0.4) is 0 Å². The zero-order valence-corrected chi connectivity index (χ0v) is 15.1. The second-order valence-corrected chi connectivity index (χ2v) is 6.89. The minimum absolute atomic E-state index is 0. The molecule has 5 nitrogen and oxygen atoms in total. The normalized spacial score (nSPS) is 22.0. The summed E-state index contributed by atoms with van der Waals surface area (Å²) >= 11 is 0. The third-order valence-corrected chi connectivity index (χ3v) is 5.11. The van der Waals surface area contributed by atoms with Crippen LogP contribution < -0.4 is 5.32 Å². The van der Waals surface area contributed by atoms with Crippen LogP contribution in [0.2, 0.25) is 0 Å². The Labute approximate surface area is 152 Å². The van der Waals surface area contributed by atoms with E-state index < -0.39 is 5.82 Å². The third kappa shape index (κ3) is 3.16. The first-order valence-corrected chi connectivity index (χ1v) is 8.36. The van der Waals surface area contributed by atoms with E-state index in [2.05, 4.69) is 10.4 Å². The largest absolute Gasteiger partial charge is 0.338 e. The van der Waals surface area contributed by atoms with Crippen molar-refractivity contribution in [2.45, 2.75) is 13.8 Å². The lowest BCUT2D eigenvalue weighted by atomic mass is 10.0. The van der Waals surface area contributed by atoms with Crippen LogP contribution in [0.1, 0.15) is 21.7 Å². The van der Waals surface area contributed by atoms with Crippen LogP contribution >= 0.6 is 12.4 Å². The van der Waals surface area contributed by atoms with E-state index in [0.717, 1.165) is 37.6 Å². The summed E-state index contributed by atoms with van der Waals surface area (Å²) in [6.07, 6.45) is 0. The first-order valence-electron chi connectivity index (χ1n) is 8.36. The van der Waals surface area contributed by atoms with E-state index in [1.165, 1.54) is 6.07 Å². The van der Waals surface area contributed by atoms with Gasteiger partial charge in [0.2, 0.25) is 0 Å². The Bertz CT molecular complexity index is 794. The number of nitrogens with zero attached hydrogens (tertiary/aromatic N) is 3. The molecule has 2 aliphatic rings. The molecule has 25 heavy (non-hydrogen) atoms. The summed E-state index contributed by atoms with van der Waals surface area (Å²) in [7, 11) is 0. The highest BCUT2D eigenvalue weighted by Crippen LogP contribution is 2.28. The number of carbonyl (C=O) groups is 1. The number of amides is 1. The Morgan fingerprint density at radius 1 is 1.20 bits per heavy atom. The average molecular weight is 365 g/mol. The number of aryl methyl sites for hydroxylation is 2. The van der Waals surface area contributed by atoms with Crippen LogP contribution in [0.15, 0.2) is 24.3 Å². The summed E-state index contributed by atoms with van der Waals surface area (Å²) in [5.74, 6) is 0.567. The van der Waals surface area contributed by atoms with Gasteiger partial charge in [0, 0.05) is 37.4 Å². The Morgan fingerprint density at radius 3 is 2.44 bits per heavy atom. The fourth-order valence-electron chi connectivity index (χ4n) is 3.89.